The van der Waals surface area contributed by atoms with E-state index in [1.165, 1.54) is 10.6 Å². The first-order valence-electron chi connectivity index (χ1n) is 12.1. The number of ketones is 1. The molecule has 8 rings (SSSR count). The minimum Gasteiger partial charge on any atom is -0.383 e. The highest BCUT2D eigenvalue weighted by atomic mass is 32.1. The van der Waals surface area contributed by atoms with Crippen LogP contribution in [-0.4, -0.2) is 24.7 Å². The molecule has 34 heavy (non-hydrogen) atoms. The molecule has 1 aromatic heterocycles. The predicted octanol–water partition coefficient (Wildman–Crippen LogP) is 4.82. The lowest BCUT2D eigenvalue weighted by molar-refractivity contribution is -0.116. The third-order valence-electron chi connectivity index (χ3n) is 8.01. The highest BCUT2D eigenvalue weighted by molar-refractivity contribution is 7.21. The zero-order valence-corrected chi connectivity index (χ0v) is 19.9. The van der Waals surface area contributed by atoms with Crippen LogP contribution in [0, 0.1) is 18.3 Å². The lowest BCUT2D eigenvalue weighted by Crippen LogP contribution is -2.40. The number of piperidine rings is 1. The largest absolute Gasteiger partial charge is 0.383 e. The maximum atomic E-state index is 13.4. The number of nitrogens with zero attached hydrogens (tertiary/aromatic N) is 4. The van der Waals surface area contributed by atoms with E-state index >= 15 is 0 Å². The van der Waals surface area contributed by atoms with E-state index in [4.69, 9.17) is 10.7 Å². The summed E-state index contributed by atoms with van der Waals surface area (Å²) < 4.78 is 0. The average molecular weight is 468 g/mol. The molecule has 0 saturated carbocycles. The van der Waals surface area contributed by atoms with Crippen LogP contribution in [0.15, 0.2) is 51.9 Å². The molecule has 6 nitrogen and oxygen atoms in total. The summed E-state index contributed by atoms with van der Waals surface area (Å²) in [6.07, 6.45) is 4.45. The van der Waals surface area contributed by atoms with Crippen molar-refractivity contribution >= 4 is 33.0 Å². The fourth-order valence-corrected chi connectivity index (χ4v) is 8.01. The Kier molecular flexibility index (Phi) is 4.16. The van der Waals surface area contributed by atoms with Gasteiger partial charge in [0, 0.05) is 36.3 Å². The van der Waals surface area contributed by atoms with Crippen LogP contribution in [0.2, 0.25) is 0 Å². The second-order valence-electron chi connectivity index (χ2n) is 9.93. The van der Waals surface area contributed by atoms with E-state index in [1.54, 1.807) is 11.3 Å². The van der Waals surface area contributed by atoms with Gasteiger partial charge in [0.25, 0.3) is 0 Å². The van der Waals surface area contributed by atoms with Crippen molar-refractivity contribution in [2.75, 3.05) is 22.9 Å². The molecule has 2 N–H and O–H groups in total. The fourth-order valence-electron chi connectivity index (χ4n) is 6.53. The lowest BCUT2D eigenvalue weighted by Gasteiger charge is -2.41. The third-order valence-corrected chi connectivity index (χ3v) is 9.26. The highest BCUT2D eigenvalue weighted by Gasteiger charge is 2.46. The van der Waals surface area contributed by atoms with E-state index in [2.05, 4.69) is 21.9 Å². The Bertz CT molecular complexity index is 1410. The van der Waals surface area contributed by atoms with Gasteiger partial charge in [-0.05, 0) is 44.1 Å². The summed E-state index contributed by atoms with van der Waals surface area (Å²) in [6, 6.07) is 10.6. The van der Waals surface area contributed by atoms with Crippen molar-refractivity contribution in [1.82, 2.24) is 0 Å². The minimum atomic E-state index is -0.397. The molecule has 1 saturated heterocycles. The Hall–Kier alpha value is -3.37. The summed E-state index contributed by atoms with van der Waals surface area (Å²) in [6.45, 7) is 4.21. The van der Waals surface area contributed by atoms with Crippen LogP contribution < -0.4 is 15.5 Å². The normalized spacial score (nSPS) is 23.4. The number of hydrogen-bond donors (Lipinski definition) is 1. The molecule has 1 aromatic carbocycles. The van der Waals surface area contributed by atoms with E-state index in [-0.39, 0.29) is 5.78 Å². The number of anilines is 2. The van der Waals surface area contributed by atoms with E-state index < -0.39 is 5.92 Å². The number of carbonyl (C=O) groups is 1. The molecule has 2 bridgehead atoms. The van der Waals surface area contributed by atoms with Crippen molar-refractivity contribution in [1.29, 1.82) is 5.26 Å². The standard InChI is InChI=1S/C27H25N5OS/c1-14-4-2-5-16(12-14)20-17(13-28)25-30-24(29)23-21-15-8-10-31(11-9-15)26(21)34-27(23)32(25)18-6-3-7-19(33)22(18)20/h2,4-5,12,15,20H,3,6-11H2,1H3,(H2,29,30)/t20-/m1/s1. The smallest absolute Gasteiger partial charge is 0.161 e. The molecule has 170 valence electrons. The van der Waals surface area contributed by atoms with Gasteiger partial charge in [0.05, 0.1) is 28.1 Å². The van der Waals surface area contributed by atoms with Crippen LogP contribution in [0.4, 0.5) is 10.0 Å². The number of carbonyl (C=O) groups excluding carboxylic acids is 1. The van der Waals surface area contributed by atoms with Gasteiger partial charge in [0.15, 0.2) is 11.6 Å². The molecular formula is C27H25N5OS. The molecule has 1 atom stereocenters. The summed E-state index contributed by atoms with van der Waals surface area (Å²) in [7, 11) is 0. The van der Waals surface area contributed by atoms with Crippen molar-refractivity contribution < 1.29 is 4.79 Å². The summed E-state index contributed by atoms with van der Waals surface area (Å²) in [4.78, 5) is 22.9. The summed E-state index contributed by atoms with van der Waals surface area (Å²) in [5.74, 6) is 1.38. The van der Waals surface area contributed by atoms with Gasteiger partial charge < -0.3 is 10.6 Å². The molecule has 0 radical (unpaired) electrons. The number of benzene rings is 1. The Balaban J connectivity index is 1.52. The second kappa shape index (κ2) is 7.07. The monoisotopic (exact) mass is 467 g/mol. The molecule has 1 fully saturated rings. The van der Waals surface area contributed by atoms with Gasteiger partial charge in [-0.2, -0.15) is 5.26 Å². The number of nitriles is 1. The Labute approximate surface area is 202 Å². The first kappa shape index (κ1) is 20.0. The molecule has 6 aliphatic rings. The first-order valence-corrected chi connectivity index (χ1v) is 12.9. The number of hydrogen-bond acceptors (Lipinski definition) is 7. The SMILES string of the molecule is Cc1cccc([C@@H]2C(C#N)=C3N=C(N)c4c(sc5c4C4CCN5CC4)N3C3=C2C(=O)CCC3)c1. The van der Waals surface area contributed by atoms with Gasteiger partial charge in [-0.15, -0.1) is 0 Å². The highest BCUT2D eigenvalue weighted by Crippen LogP contribution is 2.57. The van der Waals surface area contributed by atoms with E-state index in [1.807, 2.05) is 25.1 Å². The molecule has 6 heterocycles. The van der Waals surface area contributed by atoms with Crippen LogP contribution in [-0.2, 0) is 4.79 Å². The number of rotatable bonds is 1. The van der Waals surface area contributed by atoms with Gasteiger partial charge in [-0.1, -0.05) is 41.2 Å². The quantitative estimate of drug-likeness (QED) is 0.650. The first-order chi connectivity index (χ1) is 16.6. The number of Topliss-reactive ketones (excluding diaryl/α,β-unsaturated/α-hetero) is 1. The molecule has 2 aromatic rings. The van der Waals surface area contributed by atoms with Crippen molar-refractivity contribution in [3.05, 3.63) is 69.2 Å². The van der Waals surface area contributed by atoms with E-state index in [0.717, 1.165) is 71.7 Å². The van der Waals surface area contributed by atoms with Crippen LogP contribution >= 0.6 is 11.3 Å². The van der Waals surface area contributed by atoms with Crippen LogP contribution in [0.5, 0.6) is 0 Å². The number of aliphatic imine (C=N–C) groups is 1. The number of aryl methyl sites for hydroxylation is 1. The summed E-state index contributed by atoms with van der Waals surface area (Å²) in [5, 5.41) is 12.8. The molecule has 0 unspecified atom stereocenters. The van der Waals surface area contributed by atoms with Gasteiger partial charge >= 0.3 is 0 Å². The van der Waals surface area contributed by atoms with Crippen molar-refractivity contribution in [2.24, 2.45) is 10.7 Å². The fraction of sp³-hybridized carbons (Fsp3) is 0.370. The maximum Gasteiger partial charge on any atom is 0.161 e. The van der Waals surface area contributed by atoms with Crippen molar-refractivity contribution in [3.63, 3.8) is 0 Å². The lowest BCUT2D eigenvalue weighted by atomic mass is 9.75. The maximum absolute atomic E-state index is 13.4. The second-order valence-corrected chi connectivity index (χ2v) is 10.9. The zero-order valence-electron chi connectivity index (χ0n) is 19.1. The van der Waals surface area contributed by atoms with Crippen LogP contribution in [0.25, 0.3) is 0 Å². The van der Waals surface area contributed by atoms with Crippen molar-refractivity contribution in [3.8, 4) is 6.07 Å². The summed E-state index contributed by atoms with van der Waals surface area (Å²) >= 11 is 1.76. The topological polar surface area (TPSA) is 85.7 Å². The van der Waals surface area contributed by atoms with Crippen LogP contribution in [0.1, 0.15) is 66.2 Å². The van der Waals surface area contributed by atoms with Crippen molar-refractivity contribution in [2.45, 2.75) is 50.9 Å². The minimum absolute atomic E-state index is 0.147. The van der Waals surface area contributed by atoms with Gasteiger partial charge in [0.2, 0.25) is 0 Å². The Morgan fingerprint density at radius 2 is 2.03 bits per heavy atom. The number of nitrogens with two attached hydrogens (primary N) is 1. The number of allylic oxidation sites excluding steroid dienone is 3. The Morgan fingerprint density at radius 1 is 1.21 bits per heavy atom. The number of thiophene rings is 1. The molecule has 0 amide bonds. The predicted molar refractivity (Wildman–Crippen MR) is 134 cm³/mol. The molecular weight excluding hydrogens is 442 g/mol. The zero-order chi connectivity index (χ0) is 23.1. The molecule has 1 aliphatic carbocycles. The van der Waals surface area contributed by atoms with Gasteiger partial charge in [-0.3, -0.25) is 9.69 Å². The van der Waals surface area contributed by atoms with Gasteiger partial charge in [0.1, 0.15) is 10.8 Å². The Morgan fingerprint density at radius 3 is 2.79 bits per heavy atom. The van der Waals surface area contributed by atoms with Crippen LogP contribution in [0.3, 0.4) is 0 Å². The number of amidine groups is 1. The van der Waals surface area contributed by atoms with E-state index in [0.29, 0.717) is 29.6 Å². The molecule has 0 spiro atoms. The molecule has 5 aliphatic heterocycles. The summed E-state index contributed by atoms with van der Waals surface area (Å²) in [5.41, 5.74) is 13.4. The van der Waals surface area contributed by atoms with E-state index in [9.17, 15) is 10.1 Å². The average Bonchev–Trinajstić information content (AvgIpc) is 3.27. The number of fused-ring (bicyclic) bond motifs is 6. The molecule has 7 heteroatoms. The van der Waals surface area contributed by atoms with Gasteiger partial charge in [-0.25, -0.2) is 4.99 Å². The third kappa shape index (κ3) is 2.55.